The van der Waals surface area contributed by atoms with Gasteiger partial charge in [-0.25, -0.2) is 4.99 Å². The number of halogens is 3. The lowest BCUT2D eigenvalue weighted by molar-refractivity contribution is -0.138. The molecular weight excluding hydrogens is 407 g/mol. The molecule has 1 unspecified atom stereocenters. The molecule has 0 aliphatic carbocycles. The smallest absolute Gasteiger partial charge is 0.379 e. The highest BCUT2D eigenvalue weighted by molar-refractivity contribution is 8.14. The van der Waals surface area contributed by atoms with Crippen molar-refractivity contribution in [1.82, 2.24) is 4.98 Å². The molecular formula is C23H28F3N3S. The minimum atomic E-state index is -4.41. The molecule has 1 aromatic carbocycles. The van der Waals surface area contributed by atoms with Gasteiger partial charge in [-0.15, -0.1) is 0 Å². The zero-order valence-electron chi connectivity index (χ0n) is 17.2. The summed E-state index contributed by atoms with van der Waals surface area (Å²) in [7, 11) is 0. The fourth-order valence-corrected chi connectivity index (χ4v) is 5.04. The lowest BCUT2D eigenvalue weighted by atomic mass is 9.80. The van der Waals surface area contributed by atoms with Crippen molar-refractivity contribution in [2.45, 2.75) is 63.6 Å². The zero-order chi connectivity index (χ0) is 21.6. The second kappa shape index (κ2) is 9.86. The molecule has 30 heavy (non-hydrogen) atoms. The maximum atomic E-state index is 13.9. The molecule has 3 nitrogen and oxygen atoms in total. The normalized spacial score (nSPS) is 19.1. The van der Waals surface area contributed by atoms with Crippen molar-refractivity contribution in [2.24, 2.45) is 10.7 Å². The van der Waals surface area contributed by atoms with Crippen LogP contribution >= 0.6 is 11.8 Å². The number of pyridine rings is 1. The summed E-state index contributed by atoms with van der Waals surface area (Å²) in [6.07, 6.45) is 5.42. The minimum Gasteiger partial charge on any atom is -0.379 e. The summed E-state index contributed by atoms with van der Waals surface area (Å²) in [5.74, 6) is 0.468. The molecule has 1 aromatic heterocycles. The summed E-state index contributed by atoms with van der Waals surface area (Å²) in [5, 5.41) is 0.391. The molecule has 7 heteroatoms. The molecule has 0 fully saturated rings. The average molecular weight is 436 g/mol. The van der Waals surface area contributed by atoms with Crippen LogP contribution in [0.15, 0.2) is 47.7 Å². The summed E-state index contributed by atoms with van der Waals surface area (Å²) in [6, 6.07) is 8.09. The highest BCUT2D eigenvalue weighted by Gasteiger charge is 2.43. The van der Waals surface area contributed by atoms with Gasteiger partial charge >= 0.3 is 6.18 Å². The van der Waals surface area contributed by atoms with E-state index in [0.29, 0.717) is 28.5 Å². The number of unbranched alkanes of at least 4 members (excludes halogenated alkanes) is 5. The van der Waals surface area contributed by atoms with Crippen molar-refractivity contribution in [3.8, 4) is 0 Å². The third-order valence-corrected chi connectivity index (χ3v) is 6.53. The van der Waals surface area contributed by atoms with Gasteiger partial charge in [-0.2, -0.15) is 13.2 Å². The number of benzene rings is 1. The van der Waals surface area contributed by atoms with Gasteiger partial charge in [0.2, 0.25) is 0 Å². The standard InChI is InChI=1S/C23H28F3N3S/c1-2-3-4-5-6-7-11-18-19(12-8-13-20(18)23(24,25)26)22(16-30-21(27)29-22)17-10-9-14-28-15-17/h8-10,12-15H,2-7,11,16H2,1H3,(H2,27,29). The van der Waals surface area contributed by atoms with Crippen molar-refractivity contribution in [1.29, 1.82) is 0 Å². The third-order valence-electron chi connectivity index (χ3n) is 5.58. The van der Waals surface area contributed by atoms with E-state index in [4.69, 9.17) is 5.73 Å². The number of aliphatic imine (C=N–C) groups is 1. The van der Waals surface area contributed by atoms with Crippen molar-refractivity contribution in [3.05, 3.63) is 65.0 Å². The Morgan fingerprint density at radius 2 is 1.83 bits per heavy atom. The van der Waals surface area contributed by atoms with E-state index in [9.17, 15) is 13.2 Å². The SMILES string of the molecule is CCCCCCCCc1c(C(F)(F)F)cccc1C1(c2cccnc2)CSC(N)=N1. The molecule has 0 amide bonds. The largest absolute Gasteiger partial charge is 0.416 e. The Morgan fingerprint density at radius 3 is 2.47 bits per heavy atom. The second-order valence-corrected chi connectivity index (χ2v) is 8.68. The van der Waals surface area contributed by atoms with Crippen LogP contribution in [-0.2, 0) is 18.1 Å². The topological polar surface area (TPSA) is 51.3 Å². The number of thioether (sulfide) groups is 1. The summed E-state index contributed by atoms with van der Waals surface area (Å²) in [6.45, 7) is 2.15. The molecule has 162 valence electrons. The first-order valence-corrected chi connectivity index (χ1v) is 11.4. The number of aromatic nitrogens is 1. The van der Waals surface area contributed by atoms with Crippen LogP contribution in [0.25, 0.3) is 0 Å². The highest BCUT2D eigenvalue weighted by atomic mass is 32.2. The van der Waals surface area contributed by atoms with Crippen LogP contribution in [0.3, 0.4) is 0 Å². The van der Waals surface area contributed by atoms with E-state index in [1.807, 2.05) is 6.07 Å². The van der Waals surface area contributed by atoms with Crippen molar-refractivity contribution < 1.29 is 13.2 Å². The van der Waals surface area contributed by atoms with E-state index in [1.54, 1.807) is 24.5 Å². The van der Waals surface area contributed by atoms with Gasteiger partial charge in [0.1, 0.15) is 5.54 Å². The highest BCUT2D eigenvalue weighted by Crippen LogP contribution is 2.45. The van der Waals surface area contributed by atoms with Gasteiger partial charge in [0, 0.05) is 23.7 Å². The van der Waals surface area contributed by atoms with Crippen LogP contribution < -0.4 is 5.73 Å². The number of rotatable bonds is 9. The third kappa shape index (κ3) is 4.99. The first kappa shape index (κ1) is 22.7. The van der Waals surface area contributed by atoms with E-state index in [2.05, 4.69) is 16.9 Å². The first-order chi connectivity index (χ1) is 14.4. The predicted molar refractivity (Wildman–Crippen MR) is 118 cm³/mol. The molecule has 1 aliphatic heterocycles. The van der Waals surface area contributed by atoms with Crippen LogP contribution in [0.1, 0.15) is 67.7 Å². The van der Waals surface area contributed by atoms with Gasteiger partial charge in [0.25, 0.3) is 0 Å². The van der Waals surface area contributed by atoms with Gasteiger partial charge in [0.05, 0.1) is 5.56 Å². The lowest BCUT2D eigenvalue weighted by Gasteiger charge is -2.30. The van der Waals surface area contributed by atoms with Gasteiger partial charge in [-0.05, 0) is 36.1 Å². The Kier molecular flexibility index (Phi) is 7.45. The lowest BCUT2D eigenvalue weighted by Crippen LogP contribution is -2.29. The fraction of sp³-hybridized carbons (Fsp3) is 0.478. The number of nitrogens with two attached hydrogens (primary N) is 1. The summed E-state index contributed by atoms with van der Waals surface area (Å²) in [4.78, 5) is 8.85. The summed E-state index contributed by atoms with van der Waals surface area (Å²) in [5.41, 5.74) is 6.18. The molecule has 0 saturated carbocycles. The number of hydrogen-bond donors (Lipinski definition) is 1. The average Bonchev–Trinajstić information content (AvgIpc) is 3.13. The van der Waals surface area contributed by atoms with Gasteiger partial charge in [-0.3, -0.25) is 4.98 Å². The minimum absolute atomic E-state index is 0.336. The van der Waals surface area contributed by atoms with E-state index in [-0.39, 0.29) is 0 Å². The molecule has 2 N–H and O–H groups in total. The van der Waals surface area contributed by atoms with Gasteiger partial charge in [-0.1, -0.05) is 69.0 Å². The van der Waals surface area contributed by atoms with Crippen molar-refractivity contribution in [3.63, 3.8) is 0 Å². The molecule has 2 aromatic rings. The molecule has 3 rings (SSSR count). The number of amidine groups is 1. The maximum Gasteiger partial charge on any atom is 0.416 e. The number of alkyl halides is 3. The van der Waals surface area contributed by atoms with Crippen LogP contribution in [0.5, 0.6) is 0 Å². The molecule has 0 spiro atoms. The van der Waals surface area contributed by atoms with Gasteiger partial charge in [0.15, 0.2) is 5.17 Å². The Bertz CT molecular complexity index is 868. The monoisotopic (exact) mass is 435 g/mol. The van der Waals surface area contributed by atoms with Crippen LogP contribution in [-0.4, -0.2) is 15.9 Å². The Morgan fingerprint density at radius 1 is 1.07 bits per heavy atom. The Hall–Kier alpha value is -2.02. The van der Waals surface area contributed by atoms with E-state index < -0.39 is 17.3 Å². The quantitative estimate of drug-likeness (QED) is 0.470. The molecule has 0 bridgehead atoms. The summed E-state index contributed by atoms with van der Waals surface area (Å²) < 4.78 is 41.8. The van der Waals surface area contributed by atoms with E-state index in [1.165, 1.54) is 30.3 Å². The van der Waals surface area contributed by atoms with Gasteiger partial charge < -0.3 is 5.73 Å². The van der Waals surface area contributed by atoms with Crippen molar-refractivity contribution >= 4 is 16.9 Å². The molecule has 2 heterocycles. The van der Waals surface area contributed by atoms with Crippen LogP contribution in [0.4, 0.5) is 13.2 Å². The van der Waals surface area contributed by atoms with Crippen LogP contribution in [0.2, 0.25) is 0 Å². The first-order valence-electron chi connectivity index (χ1n) is 10.5. The number of hydrogen-bond acceptors (Lipinski definition) is 4. The van der Waals surface area contributed by atoms with Crippen LogP contribution in [0, 0.1) is 0 Å². The zero-order valence-corrected chi connectivity index (χ0v) is 18.0. The van der Waals surface area contributed by atoms with Crippen molar-refractivity contribution in [2.75, 3.05) is 5.75 Å². The Labute approximate surface area is 180 Å². The number of nitrogens with zero attached hydrogens (tertiary/aromatic N) is 2. The predicted octanol–water partition coefficient (Wildman–Crippen LogP) is 6.31. The summed E-state index contributed by atoms with van der Waals surface area (Å²) >= 11 is 1.37. The molecule has 1 aliphatic rings. The molecule has 0 radical (unpaired) electrons. The maximum absolute atomic E-state index is 13.9. The van der Waals surface area contributed by atoms with E-state index >= 15 is 0 Å². The Balaban J connectivity index is 2.02. The fourth-order valence-electron chi connectivity index (χ4n) is 4.07. The second-order valence-electron chi connectivity index (χ2n) is 7.69. The van der Waals surface area contributed by atoms with E-state index in [0.717, 1.165) is 37.7 Å². The molecule has 1 atom stereocenters. The molecule has 0 saturated heterocycles.